The highest BCUT2D eigenvalue weighted by Gasteiger charge is 2.31. The van der Waals surface area contributed by atoms with Crippen LogP contribution in [0.15, 0.2) is 0 Å². The summed E-state index contributed by atoms with van der Waals surface area (Å²) < 4.78 is 26.5. The average Bonchev–Trinajstić information content (AvgIpc) is 2.40. The molecule has 0 aliphatic carbocycles. The molecule has 0 bridgehead atoms. The first kappa shape index (κ1) is 15.2. The predicted octanol–water partition coefficient (Wildman–Crippen LogP) is 0.410. The molecule has 2 rings (SSSR count). The molecule has 0 aromatic carbocycles. The first-order valence-corrected chi connectivity index (χ1v) is 9.02. The lowest BCUT2D eigenvalue weighted by atomic mass is 9.97. The Morgan fingerprint density at radius 1 is 1.21 bits per heavy atom. The van der Waals surface area contributed by atoms with Gasteiger partial charge < -0.3 is 10.4 Å². The molecule has 5 nitrogen and oxygen atoms in total. The van der Waals surface area contributed by atoms with Gasteiger partial charge in [0, 0.05) is 19.7 Å². The van der Waals surface area contributed by atoms with Crippen molar-refractivity contribution in [1.29, 1.82) is 0 Å². The number of aliphatic hydroxyl groups is 1. The van der Waals surface area contributed by atoms with E-state index in [2.05, 4.69) is 5.32 Å². The Hall–Kier alpha value is -0.170. The molecule has 0 aromatic rings. The van der Waals surface area contributed by atoms with Gasteiger partial charge in [0.15, 0.2) is 0 Å². The zero-order valence-corrected chi connectivity index (χ0v) is 12.4. The minimum absolute atomic E-state index is 0.158. The molecule has 0 aromatic heterocycles. The van der Waals surface area contributed by atoms with Crippen LogP contribution in [0.5, 0.6) is 0 Å². The van der Waals surface area contributed by atoms with Crippen LogP contribution in [0.1, 0.15) is 32.1 Å². The minimum Gasteiger partial charge on any atom is -0.396 e. The van der Waals surface area contributed by atoms with Gasteiger partial charge in [-0.25, -0.2) is 12.7 Å². The summed E-state index contributed by atoms with van der Waals surface area (Å²) in [6.45, 7) is 3.25. The normalized spacial score (nSPS) is 30.4. The van der Waals surface area contributed by atoms with Crippen molar-refractivity contribution in [2.24, 2.45) is 11.8 Å². The number of nitrogens with zero attached hydrogens (tertiary/aromatic N) is 1. The minimum atomic E-state index is -3.12. The summed E-state index contributed by atoms with van der Waals surface area (Å²) in [6.07, 6.45) is 4.77. The van der Waals surface area contributed by atoms with E-state index in [1.165, 1.54) is 0 Å². The van der Waals surface area contributed by atoms with Gasteiger partial charge in [0.1, 0.15) is 0 Å². The first-order valence-electron chi connectivity index (χ1n) is 7.41. The van der Waals surface area contributed by atoms with Crippen molar-refractivity contribution >= 4 is 10.0 Å². The molecular formula is C13H26N2O3S. The van der Waals surface area contributed by atoms with Crippen molar-refractivity contribution in [3.8, 4) is 0 Å². The standard InChI is InChI=1S/C13H26N2O3S/c16-8-5-12-4-2-7-15(10-12)19(17,18)11-13-3-1-6-14-9-13/h12-14,16H,1-11H2. The zero-order chi connectivity index (χ0) is 13.7. The van der Waals surface area contributed by atoms with Gasteiger partial charge in [0.2, 0.25) is 10.0 Å². The van der Waals surface area contributed by atoms with Crippen LogP contribution < -0.4 is 5.32 Å². The van der Waals surface area contributed by atoms with Crippen molar-refractivity contribution in [3.05, 3.63) is 0 Å². The van der Waals surface area contributed by atoms with E-state index in [9.17, 15) is 8.42 Å². The van der Waals surface area contributed by atoms with Gasteiger partial charge in [0.05, 0.1) is 5.75 Å². The quantitative estimate of drug-likeness (QED) is 0.769. The van der Waals surface area contributed by atoms with Crippen molar-refractivity contribution in [2.75, 3.05) is 38.5 Å². The molecule has 2 aliphatic heterocycles. The maximum atomic E-state index is 12.4. The molecule has 2 saturated heterocycles. The molecule has 2 N–H and O–H groups in total. The molecule has 2 heterocycles. The van der Waals surface area contributed by atoms with E-state index in [0.29, 0.717) is 19.0 Å². The lowest BCUT2D eigenvalue weighted by Crippen LogP contribution is -2.44. The summed E-state index contributed by atoms with van der Waals surface area (Å²) in [5.41, 5.74) is 0. The molecule has 112 valence electrons. The fraction of sp³-hybridized carbons (Fsp3) is 1.00. The molecule has 2 atom stereocenters. The molecule has 2 fully saturated rings. The van der Waals surface area contributed by atoms with E-state index >= 15 is 0 Å². The van der Waals surface area contributed by atoms with Crippen LogP contribution in [0.25, 0.3) is 0 Å². The van der Waals surface area contributed by atoms with Crippen molar-refractivity contribution in [2.45, 2.75) is 32.1 Å². The number of rotatable bonds is 5. The Bertz CT molecular complexity index is 364. The van der Waals surface area contributed by atoms with Gasteiger partial charge in [0.25, 0.3) is 0 Å². The molecular weight excluding hydrogens is 264 g/mol. The molecule has 2 aliphatic rings. The van der Waals surface area contributed by atoms with E-state index in [4.69, 9.17) is 5.11 Å². The Balaban J connectivity index is 1.90. The highest BCUT2D eigenvalue weighted by atomic mass is 32.2. The van der Waals surface area contributed by atoms with Gasteiger partial charge in [-0.2, -0.15) is 0 Å². The molecule has 0 saturated carbocycles. The molecule has 2 unspecified atom stereocenters. The zero-order valence-electron chi connectivity index (χ0n) is 11.6. The van der Waals surface area contributed by atoms with E-state index < -0.39 is 10.0 Å². The summed E-state index contributed by atoms with van der Waals surface area (Å²) >= 11 is 0. The molecule has 19 heavy (non-hydrogen) atoms. The van der Waals surface area contributed by atoms with Crippen LogP contribution >= 0.6 is 0 Å². The highest BCUT2D eigenvalue weighted by Crippen LogP contribution is 2.23. The van der Waals surface area contributed by atoms with Crippen molar-refractivity contribution < 1.29 is 13.5 Å². The third-order valence-electron chi connectivity index (χ3n) is 4.26. The fourth-order valence-electron chi connectivity index (χ4n) is 3.17. The summed E-state index contributed by atoms with van der Waals surface area (Å²) in [7, 11) is -3.12. The molecule has 0 amide bonds. The Kier molecular flexibility index (Phi) is 5.62. The van der Waals surface area contributed by atoms with E-state index in [0.717, 1.165) is 45.2 Å². The van der Waals surface area contributed by atoms with Crippen LogP contribution in [0, 0.1) is 11.8 Å². The number of piperidine rings is 2. The van der Waals surface area contributed by atoms with Crippen LogP contribution in [-0.4, -0.2) is 56.4 Å². The van der Waals surface area contributed by atoms with Crippen LogP contribution in [-0.2, 0) is 10.0 Å². The van der Waals surface area contributed by atoms with Gasteiger partial charge in [-0.3, -0.25) is 0 Å². The highest BCUT2D eigenvalue weighted by molar-refractivity contribution is 7.89. The topological polar surface area (TPSA) is 69.6 Å². The second-order valence-corrected chi connectivity index (χ2v) is 7.88. The number of sulfonamides is 1. The number of aliphatic hydroxyl groups excluding tert-OH is 1. The predicted molar refractivity (Wildman–Crippen MR) is 75.4 cm³/mol. The summed E-state index contributed by atoms with van der Waals surface area (Å²) in [5, 5.41) is 12.3. The maximum absolute atomic E-state index is 12.4. The summed E-state index contributed by atoms with van der Waals surface area (Å²) in [4.78, 5) is 0. The van der Waals surface area contributed by atoms with Crippen molar-refractivity contribution in [1.82, 2.24) is 9.62 Å². The van der Waals surface area contributed by atoms with Crippen LogP contribution in [0.4, 0.5) is 0 Å². The first-order chi connectivity index (χ1) is 9.12. The lowest BCUT2D eigenvalue weighted by molar-refractivity contribution is 0.202. The van der Waals surface area contributed by atoms with E-state index in [1.54, 1.807) is 4.31 Å². The number of hydrogen-bond acceptors (Lipinski definition) is 4. The van der Waals surface area contributed by atoms with Crippen LogP contribution in [0.2, 0.25) is 0 Å². The summed E-state index contributed by atoms with van der Waals surface area (Å²) in [6, 6.07) is 0. The smallest absolute Gasteiger partial charge is 0.214 e. The second-order valence-electron chi connectivity index (χ2n) is 5.87. The van der Waals surface area contributed by atoms with E-state index in [1.807, 2.05) is 0 Å². The number of hydrogen-bond donors (Lipinski definition) is 2. The third-order valence-corrected chi connectivity index (χ3v) is 6.27. The molecule has 0 spiro atoms. The number of nitrogens with one attached hydrogen (secondary N) is 1. The SMILES string of the molecule is O=S(=O)(CC1CCCNC1)N1CCCC(CCO)C1. The maximum Gasteiger partial charge on any atom is 0.214 e. The largest absolute Gasteiger partial charge is 0.396 e. The third kappa shape index (κ3) is 4.41. The lowest BCUT2D eigenvalue weighted by Gasteiger charge is -2.33. The molecule has 6 heteroatoms. The second kappa shape index (κ2) is 7.02. The molecule has 0 radical (unpaired) electrons. The van der Waals surface area contributed by atoms with Crippen LogP contribution in [0.3, 0.4) is 0 Å². The van der Waals surface area contributed by atoms with Crippen molar-refractivity contribution in [3.63, 3.8) is 0 Å². The fourth-order valence-corrected chi connectivity index (χ4v) is 5.10. The monoisotopic (exact) mass is 290 g/mol. The average molecular weight is 290 g/mol. The summed E-state index contributed by atoms with van der Waals surface area (Å²) in [5.74, 6) is 0.876. The van der Waals surface area contributed by atoms with Gasteiger partial charge in [-0.1, -0.05) is 0 Å². The van der Waals surface area contributed by atoms with Gasteiger partial charge in [-0.05, 0) is 57.0 Å². The van der Waals surface area contributed by atoms with Gasteiger partial charge >= 0.3 is 0 Å². The van der Waals surface area contributed by atoms with Gasteiger partial charge in [-0.15, -0.1) is 0 Å². The Labute approximate surface area is 116 Å². The van der Waals surface area contributed by atoms with E-state index in [-0.39, 0.29) is 18.3 Å². The Morgan fingerprint density at radius 3 is 2.68 bits per heavy atom. The Morgan fingerprint density at radius 2 is 2.00 bits per heavy atom.